The average molecular weight is 262 g/mol. The number of aromatic hydroxyl groups is 1. The Balaban J connectivity index is 2.16. The fourth-order valence-corrected chi connectivity index (χ4v) is 2.53. The van der Waals surface area contributed by atoms with Crippen LogP contribution in [0.25, 0.3) is 0 Å². The predicted molar refractivity (Wildman–Crippen MR) is 75.4 cm³/mol. The summed E-state index contributed by atoms with van der Waals surface area (Å²) in [5, 5.41) is 19.7. The summed E-state index contributed by atoms with van der Waals surface area (Å²) in [6, 6.07) is 4.89. The highest BCUT2D eigenvalue weighted by Gasteiger charge is 2.36. The number of aliphatic hydroxyl groups is 1. The van der Waals surface area contributed by atoms with Crippen LogP contribution in [0.15, 0.2) is 29.8 Å². The number of phenolic OH excluding ortho intramolecular Hbond substituents is 1. The monoisotopic (exact) mass is 262 g/mol. The molecule has 1 aromatic carbocycles. The second-order valence-electron chi connectivity index (χ2n) is 5.81. The molecule has 1 aliphatic rings. The Hall–Kier alpha value is -1.48. The van der Waals surface area contributed by atoms with E-state index in [1.165, 1.54) is 5.57 Å². The Morgan fingerprint density at radius 1 is 1.47 bits per heavy atom. The van der Waals surface area contributed by atoms with Gasteiger partial charge in [-0.25, -0.2) is 0 Å². The molecule has 1 aromatic rings. The molecule has 3 heteroatoms. The first-order valence-corrected chi connectivity index (χ1v) is 6.73. The average Bonchev–Trinajstić information content (AvgIpc) is 2.26. The molecule has 0 radical (unpaired) electrons. The van der Waals surface area contributed by atoms with Crippen molar-refractivity contribution in [1.82, 2.24) is 0 Å². The van der Waals surface area contributed by atoms with E-state index < -0.39 is 6.10 Å². The van der Waals surface area contributed by atoms with Crippen LogP contribution in [0.1, 0.15) is 51.7 Å². The van der Waals surface area contributed by atoms with Gasteiger partial charge in [-0.1, -0.05) is 11.6 Å². The summed E-state index contributed by atoms with van der Waals surface area (Å²) in [6.07, 6.45) is 4.02. The zero-order valence-corrected chi connectivity index (χ0v) is 11.8. The molecule has 2 N–H and O–H groups in total. The van der Waals surface area contributed by atoms with E-state index in [9.17, 15) is 10.2 Å². The van der Waals surface area contributed by atoms with Gasteiger partial charge < -0.3 is 14.9 Å². The number of hydrogen-bond donors (Lipinski definition) is 2. The molecule has 0 spiro atoms. The second kappa shape index (κ2) is 5.25. The summed E-state index contributed by atoms with van der Waals surface area (Å²) in [6.45, 7) is 6.17. The van der Waals surface area contributed by atoms with Crippen molar-refractivity contribution in [2.75, 3.05) is 0 Å². The molecule has 0 fully saturated rings. The quantitative estimate of drug-likeness (QED) is 0.816. The van der Waals surface area contributed by atoms with Gasteiger partial charge in [0.25, 0.3) is 0 Å². The molecule has 2 atom stereocenters. The zero-order valence-electron chi connectivity index (χ0n) is 11.8. The molecule has 104 valence electrons. The number of hydrogen-bond acceptors (Lipinski definition) is 3. The van der Waals surface area contributed by atoms with Gasteiger partial charge in [-0.05, 0) is 45.7 Å². The Morgan fingerprint density at radius 2 is 2.21 bits per heavy atom. The van der Waals surface area contributed by atoms with Crippen LogP contribution in [0, 0.1) is 0 Å². The van der Waals surface area contributed by atoms with E-state index in [-0.39, 0.29) is 11.4 Å². The summed E-state index contributed by atoms with van der Waals surface area (Å²) >= 11 is 0. The van der Waals surface area contributed by atoms with Crippen molar-refractivity contribution in [3.8, 4) is 11.5 Å². The Bertz CT molecular complexity index is 489. The van der Waals surface area contributed by atoms with Crippen molar-refractivity contribution in [2.45, 2.75) is 51.7 Å². The maximum Gasteiger partial charge on any atom is 0.129 e. The standard InChI is InChI=1S/C16H22O3/c1-11(2)5-4-8-16(3)10-14(18)13-7-6-12(17)9-15(13)19-16/h5-7,9,14,17-18H,4,8,10H2,1-3H3. The number of ether oxygens (including phenoxy) is 1. The van der Waals surface area contributed by atoms with Gasteiger partial charge in [0.2, 0.25) is 0 Å². The van der Waals surface area contributed by atoms with Crippen molar-refractivity contribution < 1.29 is 14.9 Å². The van der Waals surface area contributed by atoms with Gasteiger partial charge in [0.15, 0.2) is 0 Å². The SMILES string of the molecule is CC(C)=CCCC1(C)CC(O)c2ccc(O)cc2O1. The molecular formula is C16H22O3. The normalized spacial score (nSPS) is 25.4. The minimum Gasteiger partial charge on any atom is -0.508 e. The molecule has 2 unspecified atom stereocenters. The van der Waals surface area contributed by atoms with Crippen molar-refractivity contribution >= 4 is 0 Å². The fraction of sp³-hybridized carbons (Fsp3) is 0.500. The van der Waals surface area contributed by atoms with Gasteiger partial charge >= 0.3 is 0 Å². The molecule has 2 rings (SSSR count). The molecular weight excluding hydrogens is 240 g/mol. The Kier molecular flexibility index (Phi) is 3.85. The van der Waals surface area contributed by atoms with Gasteiger partial charge in [-0.15, -0.1) is 0 Å². The number of fused-ring (bicyclic) bond motifs is 1. The minimum absolute atomic E-state index is 0.166. The zero-order chi connectivity index (χ0) is 14.0. The first-order chi connectivity index (χ1) is 8.89. The Morgan fingerprint density at radius 3 is 2.89 bits per heavy atom. The van der Waals surface area contributed by atoms with Crippen LogP contribution in [0.3, 0.4) is 0 Å². The summed E-state index contributed by atoms with van der Waals surface area (Å²) < 4.78 is 6.00. The minimum atomic E-state index is -0.527. The van der Waals surface area contributed by atoms with Gasteiger partial charge in [-0.2, -0.15) is 0 Å². The van der Waals surface area contributed by atoms with Gasteiger partial charge in [-0.3, -0.25) is 0 Å². The Labute approximate surface area is 114 Å². The number of aliphatic hydroxyl groups excluding tert-OH is 1. The maximum atomic E-state index is 10.2. The summed E-state index contributed by atoms with van der Waals surface area (Å²) in [5.74, 6) is 0.762. The van der Waals surface area contributed by atoms with Crippen LogP contribution in [0.5, 0.6) is 11.5 Å². The third kappa shape index (κ3) is 3.29. The first kappa shape index (κ1) is 13.9. The van der Waals surface area contributed by atoms with Crippen LogP contribution < -0.4 is 4.74 Å². The molecule has 3 nitrogen and oxygen atoms in total. The molecule has 19 heavy (non-hydrogen) atoms. The van der Waals surface area contributed by atoms with Crippen LogP contribution in [0.2, 0.25) is 0 Å². The van der Waals surface area contributed by atoms with Crippen molar-refractivity contribution in [2.24, 2.45) is 0 Å². The van der Waals surface area contributed by atoms with Crippen molar-refractivity contribution in [1.29, 1.82) is 0 Å². The molecule has 0 saturated carbocycles. The summed E-state index contributed by atoms with van der Waals surface area (Å²) in [7, 11) is 0. The lowest BCUT2D eigenvalue weighted by Gasteiger charge is -2.38. The van der Waals surface area contributed by atoms with Crippen molar-refractivity contribution in [3.63, 3.8) is 0 Å². The van der Waals surface area contributed by atoms with E-state index in [2.05, 4.69) is 19.9 Å². The van der Waals surface area contributed by atoms with Gasteiger partial charge in [0, 0.05) is 18.1 Å². The molecule has 1 aliphatic heterocycles. The molecule has 0 saturated heterocycles. The van der Waals surface area contributed by atoms with E-state index in [1.807, 2.05) is 6.92 Å². The van der Waals surface area contributed by atoms with Crippen LogP contribution in [0.4, 0.5) is 0 Å². The molecule has 0 bridgehead atoms. The van der Waals surface area contributed by atoms with E-state index in [0.29, 0.717) is 12.2 Å². The van der Waals surface area contributed by atoms with E-state index in [4.69, 9.17) is 4.74 Å². The largest absolute Gasteiger partial charge is 0.508 e. The van der Waals surface area contributed by atoms with Gasteiger partial charge in [0.05, 0.1) is 6.10 Å². The lowest BCUT2D eigenvalue weighted by atomic mass is 9.86. The van der Waals surface area contributed by atoms with Gasteiger partial charge in [0.1, 0.15) is 17.1 Å². The number of allylic oxidation sites excluding steroid dienone is 2. The van der Waals surface area contributed by atoms with Crippen LogP contribution in [-0.4, -0.2) is 15.8 Å². The third-order valence-corrected chi connectivity index (χ3v) is 3.56. The van der Waals surface area contributed by atoms with E-state index >= 15 is 0 Å². The third-order valence-electron chi connectivity index (χ3n) is 3.56. The molecule has 0 amide bonds. The van der Waals surface area contributed by atoms with E-state index in [1.54, 1.807) is 18.2 Å². The van der Waals surface area contributed by atoms with E-state index in [0.717, 1.165) is 18.4 Å². The van der Waals surface area contributed by atoms with Crippen LogP contribution >= 0.6 is 0 Å². The molecule has 1 heterocycles. The second-order valence-corrected chi connectivity index (χ2v) is 5.81. The van der Waals surface area contributed by atoms with Crippen LogP contribution in [-0.2, 0) is 0 Å². The highest BCUT2D eigenvalue weighted by molar-refractivity contribution is 5.43. The first-order valence-electron chi connectivity index (χ1n) is 6.73. The highest BCUT2D eigenvalue weighted by atomic mass is 16.5. The van der Waals surface area contributed by atoms with Crippen molar-refractivity contribution in [3.05, 3.63) is 35.4 Å². The predicted octanol–water partition coefficient (Wildman–Crippen LogP) is 3.71. The topological polar surface area (TPSA) is 49.7 Å². The fourth-order valence-electron chi connectivity index (χ4n) is 2.53. The maximum absolute atomic E-state index is 10.2. The number of phenols is 1. The number of rotatable bonds is 3. The number of benzene rings is 1. The lowest BCUT2D eigenvalue weighted by Crippen LogP contribution is -2.38. The summed E-state index contributed by atoms with van der Waals surface area (Å²) in [5.41, 5.74) is 1.67. The molecule has 0 aromatic heterocycles. The highest BCUT2D eigenvalue weighted by Crippen LogP contribution is 2.42. The lowest BCUT2D eigenvalue weighted by molar-refractivity contribution is -0.00645. The summed E-state index contributed by atoms with van der Waals surface area (Å²) in [4.78, 5) is 0. The molecule has 0 aliphatic carbocycles. The smallest absolute Gasteiger partial charge is 0.129 e.